The van der Waals surface area contributed by atoms with Crippen molar-refractivity contribution in [3.05, 3.63) is 40.3 Å². The molecule has 1 amide bonds. The van der Waals surface area contributed by atoms with Gasteiger partial charge in [-0.05, 0) is 19.1 Å². The summed E-state index contributed by atoms with van der Waals surface area (Å²) in [5.41, 5.74) is 0.980. The number of aromatic nitrogens is 2. The van der Waals surface area contributed by atoms with Gasteiger partial charge in [-0.3, -0.25) is 9.59 Å². The van der Waals surface area contributed by atoms with Crippen LogP contribution in [-0.4, -0.2) is 15.3 Å². The standard InChI is InChI=1S/C11H11N3O2/c1-7-6-11(16)14-9(12-7)4-3-5-10(14)13-8(2)15/h3-6H,1-2H3,(H,13,15). The van der Waals surface area contributed by atoms with Crippen molar-refractivity contribution >= 4 is 17.4 Å². The van der Waals surface area contributed by atoms with Crippen LogP contribution in [0, 0.1) is 6.92 Å². The van der Waals surface area contributed by atoms with E-state index in [1.165, 1.54) is 17.4 Å². The maximum Gasteiger partial charge on any atom is 0.259 e. The van der Waals surface area contributed by atoms with Crippen LogP contribution in [0.4, 0.5) is 5.82 Å². The maximum absolute atomic E-state index is 11.8. The Bertz CT molecular complexity index is 616. The topological polar surface area (TPSA) is 63.5 Å². The molecule has 0 fully saturated rings. The van der Waals surface area contributed by atoms with Gasteiger partial charge in [0.05, 0.1) is 0 Å². The zero-order valence-corrected chi connectivity index (χ0v) is 9.02. The summed E-state index contributed by atoms with van der Waals surface area (Å²) in [6.45, 7) is 3.15. The number of fused-ring (bicyclic) bond motifs is 1. The van der Waals surface area contributed by atoms with Crippen molar-refractivity contribution in [1.82, 2.24) is 9.38 Å². The molecule has 0 saturated heterocycles. The Balaban J connectivity index is 2.76. The predicted molar refractivity (Wildman–Crippen MR) is 60.5 cm³/mol. The third kappa shape index (κ3) is 1.79. The van der Waals surface area contributed by atoms with Gasteiger partial charge in [0.1, 0.15) is 11.5 Å². The van der Waals surface area contributed by atoms with Crippen molar-refractivity contribution in [2.75, 3.05) is 5.32 Å². The molecular weight excluding hydrogens is 206 g/mol. The number of anilines is 1. The third-order valence-electron chi connectivity index (χ3n) is 2.12. The van der Waals surface area contributed by atoms with Crippen LogP contribution in [0.3, 0.4) is 0 Å². The zero-order chi connectivity index (χ0) is 11.7. The van der Waals surface area contributed by atoms with E-state index in [0.717, 1.165) is 0 Å². The highest BCUT2D eigenvalue weighted by atomic mass is 16.1. The molecule has 2 rings (SSSR count). The highest BCUT2D eigenvalue weighted by Crippen LogP contribution is 2.08. The van der Waals surface area contributed by atoms with Gasteiger partial charge in [0, 0.05) is 18.7 Å². The van der Waals surface area contributed by atoms with E-state index in [9.17, 15) is 9.59 Å². The van der Waals surface area contributed by atoms with Crippen molar-refractivity contribution in [2.24, 2.45) is 0 Å². The minimum absolute atomic E-state index is 0.202. The van der Waals surface area contributed by atoms with Gasteiger partial charge in [0.15, 0.2) is 0 Å². The first kappa shape index (κ1) is 10.4. The van der Waals surface area contributed by atoms with Crippen LogP contribution >= 0.6 is 0 Å². The molecule has 0 spiro atoms. The summed E-state index contributed by atoms with van der Waals surface area (Å²) in [4.78, 5) is 27.0. The van der Waals surface area contributed by atoms with Gasteiger partial charge in [-0.1, -0.05) is 6.07 Å². The van der Waals surface area contributed by atoms with Crippen LogP contribution in [-0.2, 0) is 4.79 Å². The summed E-state index contributed by atoms with van der Waals surface area (Å²) in [5, 5.41) is 2.59. The van der Waals surface area contributed by atoms with Crippen LogP contribution in [0.5, 0.6) is 0 Å². The quantitative estimate of drug-likeness (QED) is 0.773. The fourth-order valence-corrected chi connectivity index (χ4v) is 1.55. The van der Waals surface area contributed by atoms with Crippen molar-refractivity contribution in [3.8, 4) is 0 Å². The fourth-order valence-electron chi connectivity index (χ4n) is 1.55. The second-order valence-electron chi connectivity index (χ2n) is 3.52. The number of amides is 1. The first-order valence-corrected chi connectivity index (χ1v) is 4.85. The minimum Gasteiger partial charge on any atom is -0.312 e. The number of nitrogens with one attached hydrogen (secondary N) is 1. The highest BCUT2D eigenvalue weighted by Gasteiger charge is 2.05. The number of pyridine rings is 1. The van der Waals surface area contributed by atoms with E-state index in [1.54, 1.807) is 25.1 Å². The molecule has 82 valence electrons. The lowest BCUT2D eigenvalue weighted by atomic mass is 10.4. The summed E-state index contributed by atoms with van der Waals surface area (Å²) in [6.07, 6.45) is 0. The third-order valence-corrected chi connectivity index (χ3v) is 2.12. The summed E-state index contributed by atoms with van der Waals surface area (Å²) < 4.78 is 1.37. The van der Waals surface area contributed by atoms with Crippen molar-refractivity contribution < 1.29 is 4.79 Å². The molecule has 2 aromatic heterocycles. The zero-order valence-electron chi connectivity index (χ0n) is 9.02. The molecule has 16 heavy (non-hydrogen) atoms. The number of hydrogen-bond donors (Lipinski definition) is 1. The lowest BCUT2D eigenvalue weighted by molar-refractivity contribution is -0.114. The molecule has 0 aliphatic rings. The molecule has 2 aromatic rings. The van der Waals surface area contributed by atoms with Crippen LogP contribution in [0.25, 0.3) is 5.65 Å². The largest absolute Gasteiger partial charge is 0.312 e. The summed E-state index contributed by atoms with van der Waals surface area (Å²) >= 11 is 0. The molecule has 1 N–H and O–H groups in total. The number of aryl methyl sites for hydroxylation is 1. The summed E-state index contributed by atoms with van der Waals surface area (Å²) in [6, 6.07) is 6.55. The smallest absolute Gasteiger partial charge is 0.259 e. The van der Waals surface area contributed by atoms with Crippen LogP contribution in [0.1, 0.15) is 12.6 Å². The van der Waals surface area contributed by atoms with E-state index in [1.807, 2.05) is 0 Å². The molecular formula is C11H11N3O2. The monoisotopic (exact) mass is 217 g/mol. The molecule has 2 heterocycles. The van der Waals surface area contributed by atoms with E-state index in [0.29, 0.717) is 17.2 Å². The minimum atomic E-state index is -0.222. The van der Waals surface area contributed by atoms with E-state index in [4.69, 9.17) is 0 Å². The highest BCUT2D eigenvalue weighted by molar-refractivity contribution is 5.88. The molecule has 0 aliphatic carbocycles. The van der Waals surface area contributed by atoms with E-state index >= 15 is 0 Å². The Morgan fingerprint density at radius 3 is 2.88 bits per heavy atom. The van der Waals surface area contributed by atoms with E-state index in [-0.39, 0.29) is 11.5 Å². The number of rotatable bonds is 1. The van der Waals surface area contributed by atoms with E-state index in [2.05, 4.69) is 10.3 Å². The Kier molecular flexibility index (Phi) is 2.44. The molecule has 0 aromatic carbocycles. The number of hydrogen-bond acceptors (Lipinski definition) is 3. The number of nitrogens with zero attached hydrogens (tertiary/aromatic N) is 2. The van der Waals surface area contributed by atoms with Gasteiger partial charge >= 0.3 is 0 Å². The fraction of sp³-hybridized carbons (Fsp3) is 0.182. The van der Waals surface area contributed by atoms with Gasteiger partial charge in [0.2, 0.25) is 5.91 Å². The SMILES string of the molecule is CC(=O)Nc1cccc2nc(C)cc(=O)n12. The van der Waals surface area contributed by atoms with Crippen LogP contribution in [0.15, 0.2) is 29.1 Å². The first-order valence-electron chi connectivity index (χ1n) is 4.85. The average Bonchev–Trinajstić information content (AvgIpc) is 2.15. The summed E-state index contributed by atoms with van der Waals surface area (Å²) in [5.74, 6) is 0.211. The van der Waals surface area contributed by atoms with Gasteiger partial charge < -0.3 is 5.32 Å². The Hall–Kier alpha value is -2.17. The lowest BCUT2D eigenvalue weighted by Gasteiger charge is -2.08. The van der Waals surface area contributed by atoms with Gasteiger partial charge in [-0.2, -0.15) is 0 Å². The second kappa shape index (κ2) is 3.77. The van der Waals surface area contributed by atoms with E-state index < -0.39 is 0 Å². The number of carbonyl (C=O) groups is 1. The normalized spacial score (nSPS) is 10.4. The second-order valence-corrected chi connectivity index (χ2v) is 3.52. The van der Waals surface area contributed by atoms with Crippen molar-refractivity contribution in [3.63, 3.8) is 0 Å². The molecule has 5 heteroatoms. The first-order chi connectivity index (χ1) is 7.58. The molecule has 0 saturated carbocycles. The molecule has 0 bridgehead atoms. The van der Waals surface area contributed by atoms with Crippen molar-refractivity contribution in [2.45, 2.75) is 13.8 Å². The Morgan fingerprint density at radius 2 is 2.19 bits per heavy atom. The molecule has 0 aliphatic heterocycles. The predicted octanol–water partition coefficient (Wildman–Crippen LogP) is 0.961. The lowest BCUT2D eigenvalue weighted by Crippen LogP contribution is -2.20. The molecule has 0 unspecified atom stereocenters. The Labute approximate surface area is 91.7 Å². The number of carbonyl (C=O) groups excluding carboxylic acids is 1. The molecule has 5 nitrogen and oxygen atoms in total. The summed E-state index contributed by atoms with van der Waals surface area (Å²) in [7, 11) is 0. The Morgan fingerprint density at radius 1 is 1.44 bits per heavy atom. The van der Waals surface area contributed by atoms with Crippen LogP contribution in [0.2, 0.25) is 0 Å². The van der Waals surface area contributed by atoms with Crippen molar-refractivity contribution in [1.29, 1.82) is 0 Å². The molecule has 0 radical (unpaired) electrons. The van der Waals surface area contributed by atoms with Gasteiger partial charge in [0.25, 0.3) is 5.56 Å². The molecule has 0 atom stereocenters. The van der Waals surface area contributed by atoms with Gasteiger partial charge in [-0.25, -0.2) is 9.38 Å². The average molecular weight is 217 g/mol. The van der Waals surface area contributed by atoms with Crippen LogP contribution < -0.4 is 10.9 Å². The van der Waals surface area contributed by atoms with Gasteiger partial charge in [-0.15, -0.1) is 0 Å². The maximum atomic E-state index is 11.8.